The van der Waals surface area contributed by atoms with Crippen LogP contribution < -0.4 is 5.32 Å². The number of nitrogens with zero attached hydrogens (tertiary/aromatic N) is 1. The molecule has 2 fully saturated rings. The molecule has 0 heterocycles. The lowest BCUT2D eigenvalue weighted by molar-refractivity contribution is -0.138. The van der Waals surface area contributed by atoms with Gasteiger partial charge in [0.25, 0.3) is 5.91 Å². The van der Waals surface area contributed by atoms with Gasteiger partial charge in [0.15, 0.2) is 0 Å². The smallest absolute Gasteiger partial charge is 0.323 e. The molecule has 38 heavy (non-hydrogen) atoms. The summed E-state index contributed by atoms with van der Waals surface area (Å²) < 4.78 is 0. The van der Waals surface area contributed by atoms with Gasteiger partial charge in [0.1, 0.15) is 6.54 Å². The molecule has 3 aromatic rings. The van der Waals surface area contributed by atoms with E-state index in [4.69, 9.17) is 0 Å². The zero-order valence-corrected chi connectivity index (χ0v) is 22.4. The van der Waals surface area contributed by atoms with Crippen molar-refractivity contribution in [3.8, 4) is 0 Å². The average Bonchev–Trinajstić information content (AvgIpc) is 2.96. The fraction of sp³-hybridized carbons (Fsp3) is 0.455. The van der Waals surface area contributed by atoms with Crippen molar-refractivity contribution in [1.29, 1.82) is 0 Å². The van der Waals surface area contributed by atoms with Gasteiger partial charge in [-0.15, -0.1) is 0 Å². The number of nitrogens with one attached hydrogen (secondary N) is 1. The monoisotopic (exact) mass is 512 g/mol. The molecule has 2 saturated carbocycles. The summed E-state index contributed by atoms with van der Waals surface area (Å²) in [6, 6.07) is 23.9. The van der Waals surface area contributed by atoms with E-state index in [1.54, 1.807) is 4.90 Å². The second kappa shape index (κ2) is 12.1. The number of amides is 1. The van der Waals surface area contributed by atoms with Crippen molar-refractivity contribution in [3.63, 3.8) is 0 Å². The third-order valence-corrected chi connectivity index (χ3v) is 8.66. The Labute approximate surface area is 226 Å². The van der Waals surface area contributed by atoms with E-state index in [0.29, 0.717) is 17.5 Å². The molecule has 3 atom stereocenters. The predicted molar refractivity (Wildman–Crippen MR) is 152 cm³/mol. The van der Waals surface area contributed by atoms with Gasteiger partial charge < -0.3 is 15.3 Å². The lowest BCUT2D eigenvalue weighted by atomic mass is 9.80. The molecule has 1 amide bonds. The maximum Gasteiger partial charge on any atom is 0.323 e. The summed E-state index contributed by atoms with van der Waals surface area (Å²) >= 11 is 0. The summed E-state index contributed by atoms with van der Waals surface area (Å²) in [5.74, 6) is -0.643. The molecule has 0 saturated heterocycles. The highest BCUT2D eigenvalue weighted by Crippen LogP contribution is 2.35. The summed E-state index contributed by atoms with van der Waals surface area (Å²) in [6.45, 7) is 2.04. The van der Waals surface area contributed by atoms with Gasteiger partial charge in [-0.2, -0.15) is 0 Å². The SMILES string of the molecule is C[C@@H](N[C@H]1CCC[C@H](c2ccc(C(=O)N(CC(=O)O)C3CCCCC3)cc2)C1)c1cccc2ccccc12. The van der Waals surface area contributed by atoms with Gasteiger partial charge >= 0.3 is 5.97 Å². The summed E-state index contributed by atoms with van der Waals surface area (Å²) in [7, 11) is 0. The van der Waals surface area contributed by atoms with E-state index in [9.17, 15) is 14.7 Å². The molecule has 2 aliphatic carbocycles. The van der Waals surface area contributed by atoms with E-state index in [2.05, 4.69) is 66.8 Å². The van der Waals surface area contributed by atoms with Crippen LogP contribution in [0.3, 0.4) is 0 Å². The average molecular weight is 513 g/mol. The number of hydrogen-bond donors (Lipinski definition) is 2. The molecule has 0 spiro atoms. The third-order valence-electron chi connectivity index (χ3n) is 8.66. The van der Waals surface area contributed by atoms with Gasteiger partial charge in [-0.3, -0.25) is 9.59 Å². The maximum absolute atomic E-state index is 13.3. The molecule has 0 aromatic heterocycles. The zero-order chi connectivity index (χ0) is 26.5. The minimum absolute atomic E-state index is 0.0286. The minimum atomic E-state index is -0.945. The largest absolute Gasteiger partial charge is 0.480 e. The first-order valence-corrected chi connectivity index (χ1v) is 14.4. The van der Waals surface area contributed by atoms with E-state index >= 15 is 0 Å². The van der Waals surface area contributed by atoms with Crippen LogP contribution in [0, 0.1) is 0 Å². The number of carboxylic acid groups (broad SMARTS) is 1. The van der Waals surface area contributed by atoms with Crippen molar-refractivity contribution in [2.45, 2.75) is 88.8 Å². The van der Waals surface area contributed by atoms with Crippen LogP contribution in [0.5, 0.6) is 0 Å². The van der Waals surface area contributed by atoms with Gasteiger partial charge in [-0.05, 0) is 79.0 Å². The number of carbonyl (C=O) groups excluding carboxylic acids is 1. The number of benzene rings is 3. The van der Waals surface area contributed by atoms with Gasteiger partial charge in [0.2, 0.25) is 0 Å². The van der Waals surface area contributed by atoms with Crippen molar-refractivity contribution in [3.05, 3.63) is 83.4 Å². The molecular weight excluding hydrogens is 472 g/mol. The molecule has 200 valence electrons. The Hall–Kier alpha value is -3.18. The van der Waals surface area contributed by atoms with Gasteiger partial charge in [0, 0.05) is 23.7 Å². The Kier molecular flexibility index (Phi) is 8.43. The van der Waals surface area contributed by atoms with Crippen LogP contribution in [0.1, 0.15) is 98.2 Å². The summed E-state index contributed by atoms with van der Waals surface area (Å²) in [6.07, 6.45) is 9.66. The first-order valence-electron chi connectivity index (χ1n) is 14.4. The molecule has 0 radical (unpaired) electrons. The molecule has 0 bridgehead atoms. The standard InChI is InChI=1S/C33H40N2O3/c1-23(30-16-8-10-25-9-5-6-15-31(25)30)34-28-12-7-11-27(21-28)24-17-19-26(20-18-24)33(38)35(22-32(36)37)29-13-3-2-4-14-29/h5-6,8-10,15-20,23,27-29,34H,2-4,7,11-14,21-22H2,1H3,(H,36,37)/t23-,27+,28+/m1/s1. The Morgan fingerprint density at radius 1 is 0.895 bits per heavy atom. The summed E-state index contributed by atoms with van der Waals surface area (Å²) in [4.78, 5) is 26.4. The van der Waals surface area contributed by atoms with E-state index in [1.807, 2.05) is 12.1 Å². The van der Waals surface area contributed by atoms with Crippen molar-refractivity contribution in [2.75, 3.05) is 6.54 Å². The van der Waals surface area contributed by atoms with Crippen molar-refractivity contribution >= 4 is 22.6 Å². The Morgan fingerprint density at radius 3 is 2.39 bits per heavy atom. The lowest BCUT2D eigenvalue weighted by Crippen LogP contribution is -2.44. The molecule has 5 heteroatoms. The minimum Gasteiger partial charge on any atom is -0.480 e. The fourth-order valence-electron chi connectivity index (χ4n) is 6.68. The summed E-state index contributed by atoms with van der Waals surface area (Å²) in [5.41, 5.74) is 3.21. The normalized spacial score (nSPS) is 21.2. The van der Waals surface area contributed by atoms with Crippen molar-refractivity contribution in [1.82, 2.24) is 10.2 Å². The van der Waals surface area contributed by atoms with Gasteiger partial charge in [-0.25, -0.2) is 0 Å². The van der Waals surface area contributed by atoms with Crippen LogP contribution in [-0.4, -0.2) is 40.5 Å². The Bertz CT molecular complexity index is 1240. The van der Waals surface area contributed by atoms with Crippen LogP contribution in [0.25, 0.3) is 10.8 Å². The number of fused-ring (bicyclic) bond motifs is 1. The molecule has 2 N–H and O–H groups in total. The van der Waals surface area contributed by atoms with E-state index in [-0.39, 0.29) is 24.5 Å². The number of hydrogen-bond acceptors (Lipinski definition) is 3. The van der Waals surface area contributed by atoms with E-state index in [0.717, 1.165) is 44.9 Å². The Balaban J connectivity index is 1.24. The third kappa shape index (κ3) is 6.10. The maximum atomic E-state index is 13.3. The highest BCUT2D eigenvalue weighted by molar-refractivity contribution is 5.96. The van der Waals surface area contributed by atoms with E-state index < -0.39 is 5.97 Å². The molecular formula is C33H40N2O3. The zero-order valence-electron chi connectivity index (χ0n) is 22.4. The second-order valence-electron chi connectivity index (χ2n) is 11.3. The number of rotatable bonds is 8. The van der Waals surface area contributed by atoms with Crippen LogP contribution in [0.2, 0.25) is 0 Å². The van der Waals surface area contributed by atoms with Crippen molar-refractivity contribution < 1.29 is 14.7 Å². The van der Waals surface area contributed by atoms with Crippen molar-refractivity contribution in [2.24, 2.45) is 0 Å². The fourth-order valence-corrected chi connectivity index (χ4v) is 6.68. The highest BCUT2D eigenvalue weighted by Gasteiger charge is 2.29. The molecule has 0 unspecified atom stereocenters. The first-order chi connectivity index (χ1) is 18.5. The molecule has 2 aliphatic rings. The number of carbonyl (C=O) groups is 2. The van der Waals surface area contributed by atoms with Gasteiger partial charge in [0.05, 0.1) is 0 Å². The number of aliphatic carboxylic acids is 1. The molecule has 5 nitrogen and oxygen atoms in total. The Morgan fingerprint density at radius 2 is 1.63 bits per heavy atom. The lowest BCUT2D eigenvalue weighted by Gasteiger charge is -2.34. The quantitative estimate of drug-likeness (QED) is 0.338. The van der Waals surface area contributed by atoms with Crippen LogP contribution >= 0.6 is 0 Å². The second-order valence-corrected chi connectivity index (χ2v) is 11.3. The van der Waals surface area contributed by atoms with E-state index in [1.165, 1.54) is 34.7 Å². The molecule has 5 rings (SSSR count). The predicted octanol–water partition coefficient (Wildman–Crippen LogP) is 7.08. The highest BCUT2D eigenvalue weighted by atomic mass is 16.4. The van der Waals surface area contributed by atoms with Crippen LogP contribution in [0.15, 0.2) is 66.7 Å². The van der Waals surface area contributed by atoms with Crippen LogP contribution in [0.4, 0.5) is 0 Å². The van der Waals surface area contributed by atoms with Crippen LogP contribution in [-0.2, 0) is 4.79 Å². The van der Waals surface area contributed by atoms with Gasteiger partial charge in [-0.1, -0.05) is 80.3 Å². The molecule has 3 aromatic carbocycles. The topological polar surface area (TPSA) is 69.6 Å². The number of carboxylic acids is 1. The molecule has 0 aliphatic heterocycles. The summed E-state index contributed by atoms with van der Waals surface area (Å²) in [5, 5.41) is 15.9. The first kappa shape index (κ1) is 26.4.